The Kier molecular flexibility index (Phi) is 2.30. The zero-order valence-corrected chi connectivity index (χ0v) is 9.84. The van der Waals surface area contributed by atoms with Gasteiger partial charge in [0.25, 0.3) is 0 Å². The highest BCUT2D eigenvalue weighted by Crippen LogP contribution is 2.30. The zero-order chi connectivity index (χ0) is 12.7. The van der Waals surface area contributed by atoms with E-state index in [9.17, 15) is 9.59 Å². The molecule has 1 aliphatic heterocycles. The van der Waals surface area contributed by atoms with Crippen LogP contribution in [0.3, 0.4) is 0 Å². The van der Waals surface area contributed by atoms with Crippen molar-refractivity contribution >= 4 is 11.8 Å². The van der Waals surface area contributed by atoms with Gasteiger partial charge in [-0.15, -0.1) is 0 Å². The molecule has 0 N–H and O–H groups in total. The molecule has 0 radical (unpaired) electrons. The molecular formula is C14H11NO3. The van der Waals surface area contributed by atoms with E-state index in [-0.39, 0.29) is 5.78 Å². The molecule has 1 aliphatic rings. The van der Waals surface area contributed by atoms with Crippen LogP contribution >= 0.6 is 0 Å². The lowest BCUT2D eigenvalue weighted by Gasteiger charge is -2.06. The Labute approximate surface area is 104 Å². The van der Waals surface area contributed by atoms with Crippen LogP contribution in [-0.4, -0.2) is 22.9 Å². The smallest absolute Gasteiger partial charge is 0.355 e. The molecule has 1 aromatic carbocycles. The van der Waals surface area contributed by atoms with Gasteiger partial charge in [-0.1, -0.05) is 12.1 Å². The highest BCUT2D eigenvalue weighted by Gasteiger charge is 2.30. The van der Waals surface area contributed by atoms with E-state index in [0.29, 0.717) is 23.6 Å². The zero-order valence-electron chi connectivity index (χ0n) is 9.84. The molecule has 18 heavy (non-hydrogen) atoms. The molecule has 0 amide bonds. The average Bonchev–Trinajstić information content (AvgIpc) is 2.92. The third kappa shape index (κ3) is 1.32. The second-order valence-electron chi connectivity index (χ2n) is 4.01. The summed E-state index contributed by atoms with van der Waals surface area (Å²) in [6.07, 6.45) is 0. The summed E-state index contributed by atoms with van der Waals surface area (Å²) in [4.78, 5) is 23.9. The molecule has 0 bridgehead atoms. The van der Waals surface area contributed by atoms with E-state index in [0.717, 1.165) is 5.69 Å². The van der Waals surface area contributed by atoms with Crippen LogP contribution < -0.4 is 0 Å². The van der Waals surface area contributed by atoms with E-state index in [4.69, 9.17) is 4.74 Å². The summed E-state index contributed by atoms with van der Waals surface area (Å²) in [6.45, 7) is 2.07. The SMILES string of the molecule is CCOC(=O)c1ccc2n1-c1ccccc1C2=O. The molecule has 4 nitrogen and oxygen atoms in total. The van der Waals surface area contributed by atoms with E-state index < -0.39 is 5.97 Å². The molecule has 2 aromatic rings. The third-order valence-corrected chi connectivity index (χ3v) is 2.99. The molecule has 1 aromatic heterocycles. The summed E-state index contributed by atoms with van der Waals surface area (Å²) in [5.41, 5.74) is 2.27. The number of ether oxygens (including phenoxy) is 1. The largest absolute Gasteiger partial charge is 0.461 e. The van der Waals surface area contributed by atoms with Crippen molar-refractivity contribution in [3.63, 3.8) is 0 Å². The molecule has 0 spiro atoms. The van der Waals surface area contributed by atoms with Crippen LogP contribution in [0.15, 0.2) is 36.4 Å². The summed E-state index contributed by atoms with van der Waals surface area (Å²) in [5.74, 6) is -0.464. The van der Waals surface area contributed by atoms with Crippen LogP contribution in [0.1, 0.15) is 33.5 Å². The van der Waals surface area contributed by atoms with Crippen molar-refractivity contribution in [2.45, 2.75) is 6.92 Å². The van der Waals surface area contributed by atoms with Crippen LogP contribution in [0, 0.1) is 0 Å². The average molecular weight is 241 g/mol. The summed E-state index contributed by atoms with van der Waals surface area (Å²) < 4.78 is 6.65. The first-order chi connectivity index (χ1) is 8.74. The molecule has 0 atom stereocenters. The summed E-state index contributed by atoms with van der Waals surface area (Å²) in [6, 6.07) is 10.5. The Morgan fingerprint density at radius 2 is 2.00 bits per heavy atom. The van der Waals surface area contributed by atoms with E-state index in [2.05, 4.69) is 0 Å². The third-order valence-electron chi connectivity index (χ3n) is 2.99. The number of aromatic nitrogens is 1. The van der Waals surface area contributed by atoms with E-state index in [1.54, 1.807) is 29.7 Å². The van der Waals surface area contributed by atoms with E-state index in [1.807, 2.05) is 18.2 Å². The fourth-order valence-electron chi connectivity index (χ4n) is 2.24. The van der Waals surface area contributed by atoms with Crippen molar-refractivity contribution in [1.29, 1.82) is 0 Å². The first-order valence-corrected chi connectivity index (χ1v) is 5.77. The normalized spacial score (nSPS) is 12.2. The minimum atomic E-state index is -0.409. The fourth-order valence-corrected chi connectivity index (χ4v) is 2.24. The van der Waals surface area contributed by atoms with Crippen LogP contribution in [0.5, 0.6) is 0 Å². The Hall–Kier alpha value is -2.36. The van der Waals surface area contributed by atoms with Crippen LogP contribution in [0.2, 0.25) is 0 Å². The maximum Gasteiger partial charge on any atom is 0.355 e. The number of benzene rings is 1. The Morgan fingerprint density at radius 3 is 2.78 bits per heavy atom. The number of carbonyl (C=O) groups excluding carboxylic acids is 2. The van der Waals surface area contributed by atoms with Crippen molar-refractivity contribution in [3.05, 3.63) is 53.3 Å². The molecule has 90 valence electrons. The van der Waals surface area contributed by atoms with Gasteiger partial charge in [0, 0.05) is 5.56 Å². The van der Waals surface area contributed by atoms with Gasteiger partial charge in [-0.2, -0.15) is 0 Å². The molecule has 3 rings (SSSR count). The number of nitrogens with zero attached hydrogens (tertiary/aromatic N) is 1. The standard InChI is InChI=1S/C14H11NO3/c1-2-18-14(17)12-8-7-11-13(16)9-5-3-4-6-10(9)15(11)12/h3-8H,2H2,1H3. The Morgan fingerprint density at radius 1 is 1.22 bits per heavy atom. The fraction of sp³-hybridized carbons (Fsp3) is 0.143. The quantitative estimate of drug-likeness (QED) is 0.646. The highest BCUT2D eigenvalue weighted by atomic mass is 16.5. The van der Waals surface area contributed by atoms with Crippen LogP contribution in [0.4, 0.5) is 0 Å². The number of hydrogen-bond acceptors (Lipinski definition) is 3. The van der Waals surface area contributed by atoms with Crippen molar-refractivity contribution in [3.8, 4) is 5.69 Å². The Balaban J connectivity index is 2.19. The number of esters is 1. The van der Waals surface area contributed by atoms with Crippen molar-refractivity contribution in [2.75, 3.05) is 6.61 Å². The predicted molar refractivity (Wildman–Crippen MR) is 65.2 cm³/mol. The molecule has 2 heterocycles. The van der Waals surface area contributed by atoms with E-state index in [1.165, 1.54) is 0 Å². The minimum absolute atomic E-state index is 0.0545. The van der Waals surface area contributed by atoms with Gasteiger partial charge in [0.2, 0.25) is 5.78 Å². The molecule has 0 unspecified atom stereocenters. The Bertz CT molecular complexity index is 655. The molecule has 4 heteroatoms. The van der Waals surface area contributed by atoms with Gasteiger partial charge in [-0.3, -0.25) is 9.36 Å². The van der Waals surface area contributed by atoms with Crippen LogP contribution in [0.25, 0.3) is 5.69 Å². The van der Waals surface area contributed by atoms with Gasteiger partial charge in [-0.05, 0) is 31.2 Å². The summed E-state index contributed by atoms with van der Waals surface area (Å²) >= 11 is 0. The summed E-state index contributed by atoms with van der Waals surface area (Å²) in [5, 5.41) is 0. The van der Waals surface area contributed by atoms with Crippen molar-refractivity contribution in [2.24, 2.45) is 0 Å². The van der Waals surface area contributed by atoms with Gasteiger partial charge >= 0.3 is 5.97 Å². The number of ketones is 1. The first-order valence-electron chi connectivity index (χ1n) is 5.77. The summed E-state index contributed by atoms with van der Waals surface area (Å²) in [7, 11) is 0. The second kappa shape index (κ2) is 3.84. The maximum atomic E-state index is 12.1. The monoisotopic (exact) mass is 241 g/mol. The van der Waals surface area contributed by atoms with Crippen molar-refractivity contribution < 1.29 is 14.3 Å². The molecule has 0 saturated heterocycles. The van der Waals surface area contributed by atoms with Crippen LogP contribution in [-0.2, 0) is 4.74 Å². The molecular weight excluding hydrogens is 230 g/mol. The molecule has 0 saturated carbocycles. The van der Waals surface area contributed by atoms with Gasteiger partial charge < -0.3 is 4.74 Å². The lowest BCUT2D eigenvalue weighted by molar-refractivity contribution is 0.0517. The number of para-hydroxylation sites is 1. The van der Waals surface area contributed by atoms with Gasteiger partial charge in [-0.25, -0.2) is 4.79 Å². The predicted octanol–water partition coefficient (Wildman–Crippen LogP) is 2.20. The number of fused-ring (bicyclic) bond motifs is 3. The maximum absolute atomic E-state index is 12.1. The van der Waals surface area contributed by atoms with Gasteiger partial charge in [0.15, 0.2) is 0 Å². The van der Waals surface area contributed by atoms with E-state index >= 15 is 0 Å². The highest BCUT2D eigenvalue weighted by molar-refractivity contribution is 6.15. The lowest BCUT2D eigenvalue weighted by Crippen LogP contribution is -2.10. The molecule has 0 aliphatic carbocycles. The van der Waals surface area contributed by atoms with Gasteiger partial charge in [0.1, 0.15) is 5.69 Å². The number of rotatable bonds is 2. The lowest BCUT2D eigenvalue weighted by atomic mass is 10.1. The topological polar surface area (TPSA) is 48.3 Å². The number of hydrogen-bond donors (Lipinski definition) is 0. The van der Waals surface area contributed by atoms with Gasteiger partial charge in [0.05, 0.1) is 18.0 Å². The second-order valence-corrected chi connectivity index (χ2v) is 4.01. The number of carbonyl (C=O) groups is 2. The minimum Gasteiger partial charge on any atom is -0.461 e. The first kappa shape index (κ1) is 10.8. The van der Waals surface area contributed by atoms with Crippen molar-refractivity contribution in [1.82, 2.24) is 4.57 Å². The molecule has 0 fully saturated rings.